The lowest BCUT2D eigenvalue weighted by atomic mass is 10.1. The summed E-state index contributed by atoms with van der Waals surface area (Å²) in [5.41, 5.74) is 6.60. The van der Waals surface area contributed by atoms with Gasteiger partial charge in [0.05, 0.1) is 5.69 Å². The van der Waals surface area contributed by atoms with E-state index >= 15 is 0 Å². The third-order valence-electron chi connectivity index (χ3n) is 2.65. The van der Waals surface area contributed by atoms with Crippen LogP contribution in [0, 0.1) is 0 Å². The quantitative estimate of drug-likeness (QED) is 0.849. The van der Waals surface area contributed by atoms with Gasteiger partial charge in [0.2, 0.25) is 0 Å². The summed E-state index contributed by atoms with van der Waals surface area (Å²) in [6.07, 6.45) is 1.62. The summed E-state index contributed by atoms with van der Waals surface area (Å²) in [5, 5.41) is 10.5. The first-order chi connectivity index (χ1) is 8.50. The molecule has 0 aliphatic rings. The van der Waals surface area contributed by atoms with E-state index in [0.717, 1.165) is 15.2 Å². The van der Waals surface area contributed by atoms with Crippen molar-refractivity contribution < 1.29 is 9.90 Å². The van der Waals surface area contributed by atoms with Gasteiger partial charge in [-0.3, -0.25) is 4.79 Å². The van der Waals surface area contributed by atoms with Crippen LogP contribution in [0.4, 0.5) is 11.5 Å². The molecule has 18 heavy (non-hydrogen) atoms. The van der Waals surface area contributed by atoms with Crippen LogP contribution >= 0.6 is 15.9 Å². The van der Waals surface area contributed by atoms with Gasteiger partial charge < -0.3 is 15.7 Å². The summed E-state index contributed by atoms with van der Waals surface area (Å²) in [6.45, 7) is -0.109. The molecular weight excluding hydrogens is 298 g/mol. The summed E-state index contributed by atoms with van der Waals surface area (Å²) in [4.78, 5) is 16.5. The number of carbonyl (C=O) groups is 1. The van der Waals surface area contributed by atoms with Gasteiger partial charge >= 0.3 is 5.97 Å². The van der Waals surface area contributed by atoms with Crippen molar-refractivity contribution in [3.63, 3.8) is 0 Å². The number of aliphatic carboxylic acids is 1. The first-order valence-corrected chi connectivity index (χ1v) is 6.05. The number of rotatable bonds is 3. The zero-order valence-electron chi connectivity index (χ0n) is 9.72. The van der Waals surface area contributed by atoms with Gasteiger partial charge in [-0.25, -0.2) is 4.98 Å². The Bertz CT molecular complexity index is 616. The van der Waals surface area contributed by atoms with Crippen molar-refractivity contribution in [1.29, 1.82) is 0 Å². The maximum atomic E-state index is 10.7. The molecule has 2 aromatic rings. The standard InChI is InChI=1S/C12H12BrN3O2/c1-16(6-10(17)18)12-8-2-3-9(13)11(14)7(8)4-5-15-12/h2-5H,6,14H2,1H3,(H,17,18). The number of hydrogen-bond acceptors (Lipinski definition) is 4. The monoisotopic (exact) mass is 309 g/mol. The first kappa shape index (κ1) is 12.6. The van der Waals surface area contributed by atoms with Crippen molar-refractivity contribution in [2.24, 2.45) is 0 Å². The van der Waals surface area contributed by atoms with Crippen molar-refractivity contribution in [1.82, 2.24) is 4.98 Å². The van der Waals surface area contributed by atoms with E-state index in [9.17, 15) is 4.79 Å². The average Bonchev–Trinajstić information content (AvgIpc) is 2.32. The van der Waals surface area contributed by atoms with Crippen LogP contribution in [-0.4, -0.2) is 29.7 Å². The fourth-order valence-electron chi connectivity index (χ4n) is 1.82. The molecule has 1 aromatic carbocycles. The largest absolute Gasteiger partial charge is 0.480 e. The molecule has 5 nitrogen and oxygen atoms in total. The second-order valence-electron chi connectivity index (χ2n) is 3.94. The highest BCUT2D eigenvalue weighted by molar-refractivity contribution is 9.10. The van der Waals surface area contributed by atoms with Crippen molar-refractivity contribution in [3.8, 4) is 0 Å². The lowest BCUT2D eigenvalue weighted by Gasteiger charge is -2.18. The lowest BCUT2D eigenvalue weighted by molar-refractivity contribution is -0.135. The van der Waals surface area contributed by atoms with E-state index < -0.39 is 5.97 Å². The molecular formula is C12H12BrN3O2. The predicted molar refractivity (Wildman–Crippen MR) is 74.8 cm³/mol. The molecule has 1 aromatic heterocycles. The number of anilines is 2. The van der Waals surface area contributed by atoms with Crippen LogP contribution in [0.3, 0.4) is 0 Å². The Hall–Kier alpha value is -1.82. The fourth-order valence-corrected chi connectivity index (χ4v) is 2.16. The number of likely N-dealkylation sites (N-methyl/N-ethyl adjacent to an activating group) is 1. The van der Waals surface area contributed by atoms with Crippen LogP contribution in [0.5, 0.6) is 0 Å². The van der Waals surface area contributed by atoms with E-state index in [-0.39, 0.29) is 6.54 Å². The Kier molecular flexibility index (Phi) is 3.38. The van der Waals surface area contributed by atoms with Crippen molar-refractivity contribution in [2.75, 3.05) is 24.2 Å². The van der Waals surface area contributed by atoms with E-state index in [1.807, 2.05) is 18.2 Å². The summed E-state index contributed by atoms with van der Waals surface area (Å²) < 4.78 is 0.813. The molecule has 0 bridgehead atoms. The van der Waals surface area contributed by atoms with E-state index in [1.54, 1.807) is 18.1 Å². The van der Waals surface area contributed by atoms with Crippen LogP contribution in [0.15, 0.2) is 28.9 Å². The number of hydrogen-bond donors (Lipinski definition) is 2. The Morgan fingerprint density at radius 1 is 1.44 bits per heavy atom. The van der Waals surface area contributed by atoms with Crippen LogP contribution in [0.25, 0.3) is 10.8 Å². The average molecular weight is 310 g/mol. The van der Waals surface area contributed by atoms with Crippen molar-refractivity contribution >= 4 is 44.2 Å². The number of fused-ring (bicyclic) bond motifs is 1. The predicted octanol–water partition coefficient (Wildman–Crippen LogP) is 2.10. The molecule has 94 valence electrons. The van der Waals surface area contributed by atoms with Crippen molar-refractivity contribution in [2.45, 2.75) is 0 Å². The highest BCUT2D eigenvalue weighted by atomic mass is 79.9. The number of aromatic nitrogens is 1. The number of carboxylic acids is 1. The molecule has 0 spiro atoms. The van der Waals surface area contributed by atoms with E-state index in [4.69, 9.17) is 10.8 Å². The first-order valence-electron chi connectivity index (χ1n) is 5.26. The van der Waals surface area contributed by atoms with Crippen LogP contribution < -0.4 is 10.6 Å². The van der Waals surface area contributed by atoms with E-state index in [0.29, 0.717) is 11.5 Å². The smallest absolute Gasteiger partial charge is 0.323 e. The van der Waals surface area contributed by atoms with Crippen LogP contribution in [0.2, 0.25) is 0 Å². The molecule has 0 aliphatic carbocycles. The molecule has 0 fully saturated rings. The van der Waals surface area contributed by atoms with Crippen molar-refractivity contribution in [3.05, 3.63) is 28.9 Å². The number of benzene rings is 1. The minimum Gasteiger partial charge on any atom is -0.480 e. The molecule has 3 N–H and O–H groups in total. The molecule has 1 heterocycles. The summed E-state index contributed by atoms with van der Waals surface area (Å²) in [7, 11) is 1.69. The van der Waals surface area contributed by atoms with Gasteiger partial charge in [0.1, 0.15) is 12.4 Å². The Morgan fingerprint density at radius 2 is 2.17 bits per heavy atom. The molecule has 0 aliphatic heterocycles. The third-order valence-corrected chi connectivity index (χ3v) is 3.34. The summed E-state index contributed by atoms with van der Waals surface area (Å²) >= 11 is 3.37. The lowest BCUT2D eigenvalue weighted by Crippen LogP contribution is -2.26. The minimum atomic E-state index is -0.901. The molecule has 0 saturated carbocycles. The number of carboxylic acid groups (broad SMARTS) is 1. The van der Waals surface area contributed by atoms with Gasteiger partial charge in [-0.2, -0.15) is 0 Å². The van der Waals surface area contributed by atoms with Gasteiger partial charge in [-0.05, 0) is 34.1 Å². The Morgan fingerprint density at radius 3 is 2.83 bits per heavy atom. The van der Waals surface area contributed by atoms with Gasteiger partial charge in [0, 0.05) is 28.5 Å². The third kappa shape index (κ3) is 2.24. The number of halogens is 1. The minimum absolute atomic E-state index is 0.109. The highest BCUT2D eigenvalue weighted by Crippen LogP contribution is 2.32. The number of nitrogens with zero attached hydrogens (tertiary/aromatic N) is 2. The number of pyridine rings is 1. The van der Waals surface area contributed by atoms with E-state index in [2.05, 4.69) is 20.9 Å². The number of nitrogens with two attached hydrogens (primary N) is 1. The highest BCUT2D eigenvalue weighted by Gasteiger charge is 2.12. The van der Waals surface area contributed by atoms with Gasteiger partial charge in [-0.15, -0.1) is 0 Å². The Balaban J connectivity index is 2.59. The van der Waals surface area contributed by atoms with Gasteiger partial charge in [0.15, 0.2) is 0 Å². The topological polar surface area (TPSA) is 79.5 Å². The zero-order chi connectivity index (χ0) is 13.3. The molecule has 2 rings (SSSR count). The molecule has 6 heteroatoms. The SMILES string of the molecule is CN(CC(=O)O)c1nccc2c(N)c(Br)ccc12. The Labute approximate surface area is 112 Å². The summed E-state index contributed by atoms with van der Waals surface area (Å²) in [5.74, 6) is -0.296. The normalized spacial score (nSPS) is 10.6. The van der Waals surface area contributed by atoms with Gasteiger partial charge in [0.25, 0.3) is 0 Å². The summed E-state index contributed by atoms with van der Waals surface area (Å²) in [6, 6.07) is 5.52. The maximum absolute atomic E-state index is 10.7. The maximum Gasteiger partial charge on any atom is 0.323 e. The molecule has 0 unspecified atom stereocenters. The zero-order valence-corrected chi connectivity index (χ0v) is 11.3. The van der Waals surface area contributed by atoms with E-state index in [1.165, 1.54) is 0 Å². The number of nitrogen functional groups attached to an aromatic ring is 1. The fraction of sp³-hybridized carbons (Fsp3) is 0.167. The molecule has 0 amide bonds. The molecule has 0 atom stereocenters. The second kappa shape index (κ2) is 4.81. The van der Waals surface area contributed by atoms with Crippen LogP contribution in [0.1, 0.15) is 0 Å². The molecule has 0 radical (unpaired) electrons. The van der Waals surface area contributed by atoms with Crippen LogP contribution in [-0.2, 0) is 4.79 Å². The molecule has 0 saturated heterocycles. The second-order valence-corrected chi connectivity index (χ2v) is 4.79. The van der Waals surface area contributed by atoms with Gasteiger partial charge in [-0.1, -0.05) is 0 Å².